The summed E-state index contributed by atoms with van der Waals surface area (Å²) in [5.74, 6) is 0.519. The first kappa shape index (κ1) is 22.2. The molecule has 162 valence electrons. The molecule has 0 saturated carbocycles. The lowest BCUT2D eigenvalue weighted by atomic mass is 10.2. The molecule has 1 saturated heterocycles. The highest BCUT2D eigenvalue weighted by Crippen LogP contribution is 2.23. The Morgan fingerprint density at radius 3 is 2.42 bits per heavy atom. The van der Waals surface area contributed by atoms with E-state index in [1.165, 1.54) is 6.07 Å². The summed E-state index contributed by atoms with van der Waals surface area (Å²) >= 11 is 15.4. The van der Waals surface area contributed by atoms with Gasteiger partial charge in [0.1, 0.15) is 5.82 Å². The molecule has 31 heavy (non-hydrogen) atoms. The maximum absolute atomic E-state index is 13.9. The third kappa shape index (κ3) is 5.63. The van der Waals surface area contributed by atoms with Crippen molar-refractivity contribution in [3.8, 4) is 0 Å². The van der Waals surface area contributed by atoms with E-state index in [1.807, 2.05) is 47.3 Å². The Hall–Kier alpha value is -2.00. The average molecular weight is 523 g/mol. The first-order valence-corrected chi connectivity index (χ1v) is 11.6. The summed E-state index contributed by atoms with van der Waals surface area (Å²) in [6.07, 6.45) is 1.90. The molecule has 1 fully saturated rings. The van der Waals surface area contributed by atoms with Crippen molar-refractivity contribution in [1.82, 2.24) is 19.6 Å². The van der Waals surface area contributed by atoms with Crippen molar-refractivity contribution in [2.75, 3.05) is 31.5 Å². The smallest absolute Gasteiger partial charge is 0.174 e. The van der Waals surface area contributed by atoms with Gasteiger partial charge in [0.2, 0.25) is 0 Å². The zero-order valence-corrected chi connectivity index (χ0v) is 19.9. The Bertz CT molecular complexity index is 1070. The van der Waals surface area contributed by atoms with Gasteiger partial charge in [-0.1, -0.05) is 48.0 Å². The van der Waals surface area contributed by atoms with Crippen LogP contribution in [0.5, 0.6) is 0 Å². The number of rotatable bonds is 5. The minimum absolute atomic E-state index is 0.153. The summed E-state index contributed by atoms with van der Waals surface area (Å²) in [5.41, 5.74) is 1.73. The number of halogens is 3. The molecule has 0 aliphatic carbocycles. The third-order valence-electron chi connectivity index (χ3n) is 5.24. The highest BCUT2D eigenvalue weighted by Gasteiger charge is 2.21. The van der Waals surface area contributed by atoms with Crippen LogP contribution in [0.1, 0.15) is 11.1 Å². The number of hydrogen-bond acceptors (Lipinski definition) is 3. The second kappa shape index (κ2) is 10.1. The number of nitrogens with one attached hydrogen (secondary N) is 1. The Morgan fingerprint density at radius 1 is 1.03 bits per heavy atom. The van der Waals surface area contributed by atoms with Gasteiger partial charge in [-0.3, -0.25) is 9.58 Å². The fraction of sp³-hybridized carbons (Fsp3) is 0.273. The van der Waals surface area contributed by atoms with Crippen LogP contribution in [0, 0.1) is 5.82 Å². The molecule has 0 unspecified atom stereocenters. The predicted molar refractivity (Wildman–Crippen MR) is 130 cm³/mol. The molecule has 0 amide bonds. The van der Waals surface area contributed by atoms with Gasteiger partial charge < -0.3 is 10.2 Å². The number of thiocarbonyl (C=S) groups is 1. The van der Waals surface area contributed by atoms with Crippen LogP contribution in [0.15, 0.2) is 59.2 Å². The van der Waals surface area contributed by atoms with E-state index >= 15 is 0 Å². The van der Waals surface area contributed by atoms with Gasteiger partial charge in [-0.2, -0.15) is 5.10 Å². The summed E-state index contributed by atoms with van der Waals surface area (Å²) in [7, 11) is 0. The molecule has 9 heteroatoms. The van der Waals surface area contributed by atoms with Crippen LogP contribution in [0.2, 0.25) is 5.02 Å². The van der Waals surface area contributed by atoms with E-state index in [9.17, 15) is 4.39 Å². The molecule has 1 aliphatic rings. The second-order valence-electron chi connectivity index (χ2n) is 7.40. The van der Waals surface area contributed by atoms with Crippen molar-refractivity contribution in [2.45, 2.75) is 13.1 Å². The minimum Gasteiger partial charge on any atom is -0.346 e. The van der Waals surface area contributed by atoms with E-state index in [-0.39, 0.29) is 5.82 Å². The Kier molecular flexibility index (Phi) is 7.22. The molecule has 0 bridgehead atoms. The largest absolute Gasteiger partial charge is 0.346 e. The number of anilines is 1. The summed E-state index contributed by atoms with van der Waals surface area (Å²) in [6.45, 7) is 4.37. The van der Waals surface area contributed by atoms with Crippen LogP contribution in [0.3, 0.4) is 0 Å². The molecule has 0 spiro atoms. The van der Waals surface area contributed by atoms with Crippen LogP contribution in [-0.4, -0.2) is 50.9 Å². The molecule has 2 aromatic carbocycles. The van der Waals surface area contributed by atoms with Crippen LogP contribution >= 0.6 is 39.7 Å². The van der Waals surface area contributed by atoms with Crippen LogP contribution in [0.25, 0.3) is 0 Å². The van der Waals surface area contributed by atoms with Crippen molar-refractivity contribution in [3.63, 3.8) is 0 Å². The Labute approximate surface area is 199 Å². The van der Waals surface area contributed by atoms with E-state index in [1.54, 1.807) is 6.07 Å². The minimum atomic E-state index is -0.153. The molecule has 1 aromatic heterocycles. The highest BCUT2D eigenvalue weighted by molar-refractivity contribution is 9.10. The van der Waals surface area contributed by atoms with Crippen LogP contribution < -0.4 is 5.32 Å². The number of benzene rings is 2. The molecule has 2 heterocycles. The van der Waals surface area contributed by atoms with Crippen LogP contribution in [-0.2, 0) is 13.1 Å². The molecule has 1 N–H and O–H groups in total. The highest BCUT2D eigenvalue weighted by atomic mass is 79.9. The molecular formula is C22H22BrClFN5S. The molecule has 4 rings (SSSR count). The molecular weight excluding hydrogens is 501 g/mol. The zero-order chi connectivity index (χ0) is 21.8. The van der Waals surface area contributed by atoms with Crippen molar-refractivity contribution in [2.24, 2.45) is 0 Å². The van der Waals surface area contributed by atoms with Crippen molar-refractivity contribution in [1.29, 1.82) is 0 Å². The van der Waals surface area contributed by atoms with Gasteiger partial charge in [-0.15, -0.1) is 0 Å². The third-order valence-corrected chi connectivity index (χ3v) is 6.55. The fourth-order valence-corrected chi connectivity index (χ4v) is 4.41. The summed E-state index contributed by atoms with van der Waals surface area (Å²) in [6, 6.07) is 14.7. The molecule has 3 aromatic rings. The van der Waals surface area contributed by atoms with E-state index in [0.717, 1.165) is 41.8 Å². The summed E-state index contributed by atoms with van der Waals surface area (Å²) < 4.78 is 16.6. The van der Waals surface area contributed by atoms with Gasteiger partial charge in [0, 0.05) is 49.5 Å². The molecule has 0 radical (unpaired) electrons. The first-order chi connectivity index (χ1) is 15.0. The Balaban J connectivity index is 1.31. The lowest BCUT2D eigenvalue weighted by molar-refractivity contribution is 0.175. The average Bonchev–Trinajstić information content (AvgIpc) is 3.10. The van der Waals surface area contributed by atoms with E-state index < -0.39 is 0 Å². The lowest BCUT2D eigenvalue weighted by Gasteiger charge is -2.36. The number of hydrogen-bond donors (Lipinski definition) is 1. The number of piperazine rings is 1. The Morgan fingerprint density at radius 2 is 1.71 bits per heavy atom. The quantitative estimate of drug-likeness (QED) is 0.477. The van der Waals surface area contributed by atoms with Crippen molar-refractivity contribution >= 4 is 50.7 Å². The summed E-state index contributed by atoms with van der Waals surface area (Å²) in [4.78, 5) is 4.36. The van der Waals surface area contributed by atoms with Gasteiger partial charge in [-0.25, -0.2) is 4.39 Å². The standard InChI is InChI=1S/C22H22BrClFN5S/c23-18-15-30(14-16-5-1-3-7-19(16)24)27-21(18)26-22(31)29-11-9-28(10-12-29)13-17-6-2-4-8-20(17)25/h1-8,15H,9-14H2,(H,26,27,31). The van der Waals surface area contributed by atoms with Gasteiger partial charge in [0.25, 0.3) is 0 Å². The van der Waals surface area contributed by atoms with Gasteiger partial charge in [0.05, 0.1) is 11.0 Å². The monoisotopic (exact) mass is 521 g/mol. The second-order valence-corrected chi connectivity index (χ2v) is 9.05. The number of aromatic nitrogens is 2. The van der Waals surface area contributed by atoms with E-state index in [4.69, 9.17) is 23.8 Å². The predicted octanol–water partition coefficient (Wildman–Crippen LogP) is 5.00. The van der Waals surface area contributed by atoms with Gasteiger partial charge >= 0.3 is 0 Å². The topological polar surface area (TPSA) is 36.3 Å². The SMILES string of the molecule is Fc1ccccc1CN1CCN(C(=S)Nc2nn(Cc3ccccc3Cl)cc2Br)CC1. The molecule has 5 nitrogen and oxygen atoms in total. The van der Waals surface area contributed by atoms with E-state index in [2.05, 4.69) is 36.1 Å². The fourth-order valence-electron chi connectivity index (χ4n) is 3.52. The maximum Gasteiger partial charge on any atom is 0.174 e. The van der Waals surface area contributed by atoms with Gasteiger partial charge in [-0.05, 0) is 45.8 Å². The van der Waals surface area contributed by atoms with Gasteiger partial charge in [0.15, 0.2) is 10.9 Å². The summed E-state index contributed by atoms with van der Waals surface area (Å²) in [5, 5.41) is 9.19. The van der Waals surface area contributed by atoms with E-state index in [0.29, 0.717) is 29.0 Å². The molecule has 1 aliphatic heterocycles. The zero-order valence-electron chi connectivity index (χ0n) is 16.8. The lowest BCUT2D eigenvalue weighted by Crippen LogP contribution is -2.49. The maximum atomic E-state index is 13.9. The first-order valence-electron chi connectivity index (χ1n) is 9.97. The van der Waals surface area contributed by atoms with Crippen molar-refractivity contribution in [3.05, 3.63) is 81.2 Å². The number of nitrogens with zero attached hydrogens (tertiary/aromatic N) is 4. The van der Waals surface area contributed by atoms with Crippen LogP contribution in [0.4, 0.5) is 10.2 Å². The normalized spacial score (nSPS) is 14.6. The van der Waals surface area contributed by atoms with Crippen molar-refractivity contribution < 1.29 is 4.39 Å². The molecule has 0 atom stereocenters.